The maximum Gasteiger partial charge on any atom is 0.433 e. The Hall–Kier alpha value is -2.08. The van der Waals surface area contributed by atoms with E-state index >= 15 is 0 Å². The van der Waals surface area contributed by atoms with Crippen LogP contribution in [0.25, 0.3) is 0 Å². The zero-order valence-electron chi connectivity index (χ0n) is 8.81. The van der Waals surface area contributed by atoms with E-state index in [0.717, 1.165) is 0 Å². The van der Waals surface area contributed by atoms with Gasteiger partial charge in [0.1, 0.15) is 5.69 Å². The van der Waals surface area contributed by atoms with Crippen LogP contribution in [0.1, 0.15) is 5.69 Å². The zero-order chi connectivity index (χ0) is 12.4. The van der Waals surface area contributed by atoms with Gasteiger partial charge in [0.05, 0.1) is 5.02 Å². The molecular formula is C10H8ClN3O3. The summed E-state index contributed by atoms with van der Waals surface area (Å²) >= 11 is 5.84. The molecule has 0 atom stereocenters. The second kappa shape index (κ2) is 4.42. The van der Waals surface area contributed by atoms with Gasteiger partial charge in [-0.15, -0.1) is 0 Å². The number of azo groups is 1. The van der Waals surface area contributed by atoms with Crippen LogP contribution in [-0.2, 0) is 0 Å². The molecule has 0 saturated carbocycles. The molecule has 1 N–H and O–H groups in total. The van der Waals surface area contributed by atoms with E-state index < -0.39 is 5.63 Å². The van der Waals surface area contributed by atoms with Gasteiger partial charge in [0, 0.05) is 5.11 Å². The number of aromatic nitrogens is 1. The van der Waals surface area contributed by atoms with Crippen molar-refractivity contribution in [3.63, 3.8) is 0 Å². The van der Waals surface area contributed by atoms with Gasteiger partial charge in [0.15, 0.2) is 5.69 Å². The Labute approximate surface area is 101 Å². The van der Waals surface area contributed by atoms with Crippen molar-refractivity contribution in [2.45, 2.75) is 6.92 Å². The lowest BCUT2D eigenvalue weighted by Crippen LogP contribution is -2.03. The van der Waals surface area contributed by atoms with Crippen LogP contribution in [-0.4, -0.2) is 10.0 Å². The number of nitrogens with one attached hydrogen (secondary N) is 1. The summed E-state index contributed by atoms with van der Waals surface area (Å²) in [5, 5.41) is 18.0. The van der Waals surface area contributed by atoms with Crippen molar-refractivity contribution in [2.24, 2.45) is 5.11 Å². The molecule has 0 radical (unpaired) electrons. The first-order valence-corrected chi connectivity index (χ1v) is 5.09. The second-order valence-electron chi connectivity index (χ2n) is 3.29. The lowest BCUT2D eigenvalue weighted by atomic mass is 10.3. The van der Waals surface area contributed by atoms with Gasteiger partial charge in [-0.05, 0) is 23.9 Å². The molecule has 0 spiro atoms. The molecule has 2 rings (SSSR count). The van der Waals surface area contributed by atoms with E-state index in [2.05, 4.69) is 14.8 Å². The average molecular weight is 254 g/mol. The third-order valence-electron chi connectivity index (χ3n) is 2.09. The monoisotopic (exact) mass is 253 g/mol. The molecule has 2 aromatic rings. The van der Waals surface area contributed by atoms with Crippen molar-refractivity contribution in [1.82, 2.24) is 5.16 Å². The summed E-state index contributed by atoms with van der Waals surface area (Å²) in [6, 6.07) is 6.56. The summed E-state index contributed by atoms with van der Waals surface area (Å²) in [4.78, 5) is 11.4. The second-order valence-corrected chi connectivity index (χ2v) is 3.70. The number of halogens is 1. The Bertz CT molecular complexity index is 630. The highest BCUT2D eigenvalue weighted by molar-refractivity contribution is 6.32. The Balaban J connectivity index is 2.49. The molecule has 0 saturated heterocycles. The molecule has 0 aliphatic heterocycles. The predicted molar refractivity (Wildman–Crippen MR) is 60.9 cm³/mol. The standard InChI is InChI=1S/C10H8ClN3O3/c1-6-9(10(15)17-13-6)14(16)12-8-5-3-2-4-7(8)11/h2-5,13H,1H3. The van der Waals surface area contributed by atoms with Gasteiger partial charge in [-0.2, -0.15) is 0 Å². The quantitative estimate of drug-likeness (QED) is 0.507. The summed E-state index contributed by atoms with van der Waals surface area (Å²) in [7, 11) is 0. The van der Waals surface area contributed by atoms with Crippen LogP contribution in [0.15, 0.2) is 38.7 Å². The summed E-state index contributed by atoms with van der Waals surface area (Å²) < 4.78 is 4.47. The van der Waals surface area contributed by atoms with Gasteiger partial charge in [-0.25, -0.2) is 9.95 Å². The molecule has 0 fully saturated rings. The van der Waals surface area contributed by atoms with Crippen LogP contribution in [0.5, 0.6) is 0 Å². The molecule has 1 heterocycles. The van der Waals surface area contributed by atoms with Crippen LogP contribution in [0.4, 0.5) is 11.4 Å². The third-order valence-corrected chi connectivity index (χ3v) is 2.41. The summed E-state index contributed by atoms with van der Waals surface area (Å²) in [6.45, 7) is 1.53. The molecule has 0 amide bonds. The van der Waals surface area contributed by atoms with Gasteiger partial charge < -0.3 is 9.73 Å². The topological polar surface area (TPSA) is 84.4 Å². The van der Waals surface area contributed by atoms with E-state index in [1.54, 1.807) is 24.3 Å². The molecule has 1 aromatic heterocycles. The van der Waals surface area contributed by atoms with Crippen LogP contribution in [0.3, 0.4) is 0 Å². The third kappa shape index (κ3) is 2.21. The number of rotatable bonds is 2. The van der Waals surface area contributed by atoms with Crippen LogP contribution in [0, 0.1) is 12.1 Å². The van der Waals surface area contributed by atoms with Gasteiger partial charge in [-0.1, -0.05) is 23.7 Å². The van der Waals surface area contributed by atoms with E-state index in [1.807, 2.05) is 0 Å². The number of hydrogen-bond acceptors (Lipinski definition) is 4. The lowest BCUT2D eigenvalue weighted by Gasteiger charge is -1.97. The van der Waals surface area contributed by atoms with E-state index in [4.69, 9.17) is 11.6 Å². The summed E-state index contributed by atoms with van der Waals surface area (Å²) in [5.41, 5.74) is -0.372. The molecule has 0 aliphatic carbocycles. The van der Waals surface area contributed by atoms with E-state index in [0.29, 0.717) is 10.7 Å². The van der Waals surface area contributed by atoms with Crippen molar-refractivity contribution >= 4 is 23.0 Å². The SMILES string of the molecule is Cc1[nH]oc(=O)c1[N+]([O-])=Nc1ccccc1Cl. The minimum atomic E-state index is -0.770. The molecular weight excluding hydrogens is 246 g/mol. The van der Waals surface area contributed by atoms with Crippen LogP contribution >= 0.6 is 11.6 Å². The lowest BCUT2D eigenvalue weighted by molar-refractivity contribution is -0.437. The number of H-pyrrole nitrogens is 1. The van der Waals surface area contributed by atoms with E-state index in [9.17, 15) is 10.0 Å². The first-order chi connectivity index (χ1) is 8.09. The Kier molecular flexibility index (Phi) is 2.97. The number of benzene rings is 1. The molecule has 0 bridgehead atoms. The summed E-state index contributed by atoms with van der Waals surface area (Å²) in [5.74, 6) is 0. The fraction of sp³-hybridized carbons (Fsp3) is 0.100. The number of aromatic amines is 1. The Morgan fingerprint density at radius 3 is 2.76 bits per heavy atom. The highest BCUT2D eigenvalue weighted by Crippen LogP contribution is 2.25. The average Bonchev–Trinajstić information content (AvgIpc) is 2.62. The fourth-order valence-electron chi connectivity index (χ4n) is 1.27. The predicted octanol–water partition coefficient (Wildman–Crippen LogP) is 2.86. The normalized spacial score (nSPS) is 11.8. The van der Waals surface area contributed by atoms with E-state index in [1.165, 1.54) is 6.92 Å². The highest BCUT2D eigenvalue weighted by Gasteiger charge is 2.19. The zero-order valence-corrected chi connectivity index (χ0v) is 9.56. The summed E-state index contributed by atoms with van der Waals surface area (Å²) in [6.07, 6.45) is 0. The van der Waals surface area contributed by atoms with Crippen LogP contribution in [0.2, 0.25) is 5.02 Å². The molecule has 0 aliphatic rings. The molecule has 88 valence electrons. The molecule has 1 aromatic carbocycles. The van der Waals surface area contributed by atoms with Crippen molar-refractivity contribution in [1.29, 1.82) is 0 Å². The minimum Gasteiger partial charge on any atom is -0.594 e. The van der Waals surface area contributed by atoms with Gasteiger partial charge in [0.2, 0.25) is 0 Å². The molecule has 0 unspecified atom stereocenters. The largest absolute Gasteiger partial charge is 0.594 e. The fourth-order valence-corrected chi connectivity index (χ4v) is 1.45. The number of nitrogens with zero attached hydrogens (tertiary/aromatic N) is 2. The van der Waals surface area contributed by atoms with Crippen molar-refractivity contribution in [2.75, 3.05) is 0 Å². The molecule has 17 heavy (non-hydrogen) atoms. The smallest absolute Gasteiger partial charge is 0.433 e. The number of hydrogen-bond donors (Lipinski definition) is 1. The first-order valence-electron chi connectivity index (χ1n) is 4.71. The van der Waals surface area contributed by atoms with Crippen LogP contribution < -0.4 is 5.63 Å². The highest BCUT2D eigenvalue weighted by atomic mass is 35.5. The minimum absolute atomic E-state index is 0.190. The van der Waals surface area contributed by atoms with Crippen molar-refractivity contribution in [3.05, 3.63) is 50.6 Å². The van der Waals surface area contributed by atoms with E-state index in [-0.39, 0.29) is 16.2 Å². The maximum atomic E-state index is 11.7. The molecule has 6 nitrogen and oxygen atoms in total. The number of aryl methyl sites for hydroxylation is 1. The Morgan fingerprint density at radius 1 is 1.47 bits per heavy atom. The maximum absolute atomic E-state index is 11.7. The van der Waals surface area contributed by atoms with Gasteiger partial charge in [-0.3, -0.25) is 0 Å². The van der Waals surface area contributed by atoms with Crippen molar-refractivity contribution < 1.29 is 9.38 Å². The Morgan fingerprint density at radius 2 is 2.18 bits per heavy atom. The van der Waals surface area contributed by atoms with Gasteiger partial charge >= 0.3 is 11.3 Å². The molecule has 7 heteroatoms. The first kappa shape index (κ1) is 11.4. The van der Waals surface area contributed by atoms with Crippen molar-refractivity contribution in [3.8, 4) is 0 Å². The van der Waals surface area contributed by atoms with Gasteiger partial charge in [0.25, 0.3) is 0 Å².